The molecular formula is C5H11N3O. The number of carbonyl (C=O) groups is 1. The van der Waals surface area contributed by atoms with E-state index in [0.29, 0.717) is 11.3 Å². The lowest BCUT2D eigenvalue weighted by Gasteiger charge is -1.98. The molecule has 0 aliphatic carbocycles. The molecule has 0 radical (unpaired) electrons. The first-order chi connectivity index (χ1) is 4.09. The molecular weight excluding hydrogens is 118 g/mol. The van der Waals surface area contributed by atoms with Gasteiger partial charge in [0.2, 0.25) is 5.91 Å². The molecule has 0 saturated heterocycles. The Morgan fingerprint density at radius 3 is 2.00 bits per heavy atom. The Hall–Kier alpha value is -1.03. The molecule has 0 unspecified atom stereocenters. The van der Waals surface area contributed by atoms with Crippen LogP contribution in [0.15, 0.2) is 11.3 Å². The molecule has 6 N–H and O–H groups in total. The van der Waals surface area contributed by atoms with Crippen LogP contribution in [-0.2, 0) is 4.79 Å². The van der Waals surface area contributed by atoms with Crippen LogP contribution >= 0.6 is 0 Å². The van der Waals surface area contributed by atoms with Crippen LogP contribution in [0.3, 0.4) is 0 Å². The predicted octanol–water partition coefficient (Wildman–Crippen LogP) is -1.34. The molecule has 0 heterocycles. The highest BCUT2D eigenvalue weighted by atomic mass is 16.1. The Morgan fingerprint density at radius 2 is 1.89 bits per heavy atom. The number of rotatable bonds is 2. The van der Waals surface area contributed by atoms with Crippen LogP contribution in [0.5, 0.6) is 0 Å². The molecule has 4 heteroatoms. The minimum absolute atomic E-state index is 0.175. The Balaban J connectivity index is 4.28. The number of nitrogens with two attached hydrogens (primary N) is 3. The van der Waals surface area contributed by atoms with Gasteiger partial charge in [0.25, 0.3) is 0 Å². The van der Waals surface area contributed by atoms with Crippen molar-refractivity contribution >= 4 is 5.91 Å². The molecule has 1 amide bonds. The lowest BCUT2D eigenvalue weighted by molar-refractivity contribution is -0.114. The van der Waals surface area contributed by atoms with E-state index in [1.807, 2.05) is 0 Å². The van der Waals surface area contributed by atoms with E-state index in [1.165, 1.54) is 0 Å². The van der Waals surface area contributed by atoms with Crippen molar-refractivity contribution in [1.82, 2.24) is 0 Å². The Morgan fingerprint density at radius 1 is 1.44 bits per heavy atom. The molecule has 0 spiro atoms. The summed E-state index contributed by atoms with van der Waals surface area (Å²) in [6.45, 7) is 1.72. The average molecular weight is 129 g/mol. The SMILES string of the molecule is C/C(C(N)=O)=C(\N)CN. The van der Waals surface area contributed by atoms with Crippen molar-refractivity contribution in [2.75, 3.05) is 6.54 Å². The molecule has 0 saturated carbocycles. The zero-order valence-corrected chi connectivity index (χ0v) is 5.35. The van der Waals surface area contributed by atoms with Gasteiger partial charge in [0.15, 0.2) is 0 Å². The quantitative estimate of drug-likeness (QED) is 0.403. The van der Waals surface area contributed by atoms with Crippen LogP contribution in [0.25, 0.3) is 0 Å². The summed E-state index contributed by atoms with van der Waals surface area (Å²) < 4.78 is 0. The van der Waals surface area contributed by atoms with E-state index in [1.54, 1.807) is 6.92 Å². The maximum Gasteiger partial charge on any atom is 0.246 e. The standard InChI is InChI=1S/C5H11N3O/c1-3(5(8)9)4(7)2-6/h2,6-7H2,1H3,(H2,8,9)/b4-3+. The number of hydrogen-bond donors (Lipinski definition) is 3. The molecule has 9 heavy (non-hydrogen) atoms. The summed E-state index contributed by atoms with van der Waals surface area (Å²) in [5.41, 5.74) is 16.0. The molecule has 0 aromatic heterocycles. The third-order valence-electron chi connectivity index (χ3n) is 1.07. The van der Waals surface area contributed by atoms with E-state index in [9.17, 15) is 4.79 Å². The van der Waals surface area contributed by atoms with E-state index < -0.39 is 5.91 Å². The third kappa shape index (κ3) is 2.14. The molecule has 52 valence electrons. The van der Waals surface area contributed by atoms with E-state index >= 15 is 0 Å². The number of amides is 1. The van der Waals surface area contributed by atoms with Gasteiger partial charge < -0.3 is 17.2 Å². The number of hydrogen-bond acceptors (Lipinski definition) is 3. The molecule has 0 bridgehead atoms. The summed E-state index contributed by atoms with van der Waals surface area (Å²) in [5.74, 6) is -0.516. The molecule has 0 aliphatic heterocycles. The van der Waals surface area contributed by atoms with Gasteiger partial charge in [-0.05, 0) is 6.92 Å². The van der Waals surface area contributed by atoms with Crippen molar-refractivity contribution in [3.05, 3.63) is 11.3 Å². The lowest BCUT2D eigenvalue weighted by atomic mass is 10.2. The molecule has 4 nitrogen and oxygen atoms in total. The number of carbonyl (C=O) groups excluding carboxylic acids is 1. The van der Waals surface area contributed by atoms with Gasteiger partial charge in [-0.1, -0.05) is 0 Å². The summed E-state index contributed by atoms with van der Waals surface area (Å²) in [7, 11) is 0. The molecule has 0 aromatic rings. The molecule has 0 rings (SSSR count). The van der Waals surface area contributed by atoms with Crippen LogP contribution in [0, 0.1) is 0 Å². The fourth-order valence-corrected chi connectivity index (χ4v) is 0.311. The zero-order chi connectivity index (χ0) is 7.44. The topological polar surface area (TPSA) is 95.1 Å². The summed E-state index contributed by atoms with van der Waals surface area (Å²) >= 11 is 0. The second kappa shape index (κ2) is 3.09. The third-order valence-corrected chi connectivity index (χ3v) is 1.07. The van der Waals surface area contributed by atoms with Crippen LogP contribution in [0.4, 0.5) is 0 Å². The first kappa shape index (κ1) is 7.97. The highest BCUT2D eigenvalue weighted by molar-refractivity contribution is 5.91. The van der Waals surface area contributed by atoms with Gasteiger partial charge in [0.05, 0.1) is 0 Å². The first-order valence-corrected chi connectivity index (χ1v) is 2.54. The highest BCUT2D eigenvalue weighted by Gasteiger charge is 2.00. The minimum Gasteiger partial charge on any atom is -0.401 e. The van der Waals surface area contributed by atoms with Crippen molar-refractivity contribution in [1.29, 1.82) is 0 Å². The lowest BCUT2D eigenvalue weighted by Crippen LogP contribution is -2.21. The smallest absolute Gasteiger partial charge is 0.246 e. The van der Waals surface area contributed by atoms with Gasteiger partial charge in [-0.2, -0.15) is 0 Å². The van der Waals surface area contributed by atoms with E-state index in [4.69, 9.17) is 17.2 Å². The highest BCUT2D eigenvalue weighted by Crippen LogP contribution is 1.92. The molecule has 0 atom stereocenters. The van der Waals surface area contributed by atoms with E-state index in [0.717, 1.165) is 0 Å². The second-order valence-electron chi connectivity index (χ2n) is 1.72. The zero-order valence-electron chi connectivity index (χ0n) is 5.35. The normalized spacial score (nSPS) is 12.7. The summed E-state index contributed by atoms with van der Waals surface area (Å²) in [5, 5.41) is 0. The fraction of sp³-hybridized carbons (Fsp3) is 0.400. The van der Waals surface area contributed by atoms with Crippen LogP contribution in [0.1, 0.15) is 6.92 Å². The largest absolute Gasteiger partial charge is 0.401 e. The van der Waals surface area contributed by atoms with E-state index in [-0.39, 0.29) is 6.54 Å². The summed E-state index contributed by atoms with van der Waals surface area (Å²) in [4.78, 5) is 10.3. The van der Waals surface area contributed by atoms with Gasteiger partial charge in [-0.3, -0.25) is 4.79 Å². The van der Waals surface area contributed by atoms with Crippen LogP contribution in [0.2, 0.25) is 0 Å². The maximum absolute atomic E-state index is 10.3. The van der Waals surface area contributed by atoms with Crippen molar-refractivity contribution in [3.63, 3.8) is 0 Å². The Kier molecular flexibility index (Phi) is 2.73. The summed E-state index contributed by atoms with van der Waals surface area (Å²) in [6.07, 6.45) is 0. The van der Waals surface area contributed by atoms with Crippen LogP contribution < -0.4 is 17.2 Å². The van der Waals surface area contributed by atoms with Gasteiger partial charge in [0, 0.05) is 17.8 Å². The van der Waals surface area contributed by atoms with Gasteiger partial charge in [-0.15, -0.1) is 0 Å². The predicted molar refractivity (Wildman–Crippen MR) is 35.1 cm³/mol. The average Bonchev–Trinajstić information content (AvgIpc) is 1.84. The van der Waals surface area contributed by atoms with E-state index in [2.05, 4.69) is 0 Å². The monoisotopic (exact) mass is 129 g/mol. The fourth-order valence-electron chi connectivity index (χ4n) is 0.311. The second-order valence-corrected chi connectivity index (χ2v) is 1.72. The summed E-state index contributed by atoms with van der Waals surface area (Å²) in [6, 6.07) is 0. The van der Waals surface area contributed by atoms with Gasteiger partial charge >= 0.3 is 0 Å². The van der Waals surface area contributed by atoms with Crippen molar-refractivity contribution < 1.29 is 4.79 Å². The Labute approximate surface area is 53.7 Å². The first-order valence-electron chi connectivity index (χ1n) is 2.54. The van der Waals surface area contributed by atoms with Crippen molar-refractivity contribution in [2.45, 2.75) is 6.92 Å². The minimum atomic E-state index is -0.516. The van der Waals surface area contributed by atoms with Crippen molar-refractivity contribution in [3.8, 4) is 0 Å². The van der Waals surface area contributed by atoms with Crippen molar-refractivity contribution in [2.24, 2.45) is 17.2 Å². The Bertz CT molecular complexity index is 150. The van der Waals surface area contributed by atoms with Gasteiger partial charge in [0.1, 0.15) is 0 Å². The molecule has 0 aliphatic rings. The van der Waals surface area contributed by atoms with Crippen LogP contribution in [-0.4, -0.2) is 12.5 Å². The maximum atomic E-state index is 10.3. The molecule has 0 aromatic carbocycles. The number of primary amides is 1. The van der Waals surface area contributed by atoms with Gasteiger partial charge in [-0.25, -0.2) is 0 Å². The molecule has 0 fully saturated rings.